The smallest absolute Gasteiger partial charge is 0.0828 e. The van der Waals surface area contributed by atoms with Gasteiger partial charge in [-0.2, -0.15) is 0 Å². The summed E-state index contributed by atoms with van der Waals surface area (Å²) in [6.07, 6.45) is 3.86. The molecule has 0 aliphatic heterocycles. The maximum absolute atomic E-state index is 6.18. The number of fused-ring (bicyclic) bond motifs is 2. The lowest BCUT2D eigenvalue weighted by Gasteiger charge is -2.50. The van der Waals surface area contributed by atoms with Gasteiger partial charge in [0.05, 0.1) is 5.41 Å². The topological polar surface area (TPSA) is 0 Å². The van der Waals surface area contributed by atoms with Crippen molar-refractivity contribution in [2.45, 2.75) is 40.2 Å². The Hall–Kier alpha value is 1.74. The average Bonchev–Trinajstić information content (AvgIpc) is 2.49. The van der Waals surface area contributed by atoms with E-state index in [1.807, 2.05) is 0 Å². The molecule has 0 saturated heterocycles. The fourth-order valence-electron chi connectivity index (χ4n) is 3.88. The zero-order chi connectivity index (χ0) is 12.4. The first-order valence-electron chi connectivity index (χ1n) is 5.20. The van der Waals surface area contributed by atoms with E-state index in [4.69, 9.17) is 69.6 Å². The van der Waals surface area contributed by atoms with Crippen molar-refractivity contribution in [1.29, 1.82) is 0 Å². The fraction of sp³-hybridized carbons (Fsp3) is 1.00. The van der Waals surface area contributed by atoms with Crippen molar-refractivity contribution in [2.75, 3.05) is 0 Å². The second kappa shape index (κ2) is 3.87. The van der Waals surface area contributed by atoms with Gasteiger partial charge in [0.15, 0.2) is 0 Å². The maximum atomic E-state index is 6.18. The Morgan fingerprint density at radius 1 is 0.875 bits per heavy atom. The van der Waals surface area contributed by atoms with Crippen LogP contribution in [0.15, 0.2) is 0 Å². The Kier molecular flexibility index (Phi) is 3.42. The van der Waals surface area contributed by atoms with Crippen LogP contribution in [0.25, 0.3) is 0 Å². The van der Waals surface area contributed by atoms with Crippen molar-refractivity contribution in [3.05, 3.63) is 0 Å². The van der Waals surface area contributed by atoms with Gasteiger partial charge in [0, 0.05) is 0 Å². The normalized spacial score (nSPS) is 38.1. The van der Waals surface area contributed by atoms with Crippen LogP contribution in [0.2, 0.25) is 0 Å². The van der Waals surface area contributed by atoms with Crippen LogP contribution in [0.1, 0.15) is 32.6 Å². The summed E-state index contributed by atoms with van der Waals surface area (Å²) in [7, 11) is 0. The number of hydrogen-bond acceptors (Lipinski definition) is 0. The molecular formula is C10H12Cl6. The van der Waals surface area contributed by atoms with E-state index in [0.717, 1.165) is 25.7 Å². The van der Waals surface area contributed by atoms with Crippen LogP contribution in [-0.4, -0.2) is 7.59 Å². The minimum Gasteiger partial charge on any atom is -0.0828 e. The summed E-state index contributed by atoms with van der Waals surface area (Å²) in [6, 6.07) is 0. The first-order valence-corrected chi connectivity index (χ1v) is 7.46. The lowest BCUT2D eigenvalue weighted by molar-refractivity contribution is 0.112. The van der Waals surface area contributed by atoms with Gasteiger partial charge in [0.2, 0.25) is 7.59 Å². The summed E-state index contributed by atoms with van der Waals surface area (Å²) in [6.45, 7) is 2.07. The van der Waals surface area contributed by atoms with E-state index in [-0.39, 0.29) is 11.3 Å². The number of hydrogen-bond donors (Lipinski definition) is 0. The van der Waals surface area contributed by atoms with Crippen molar-refractivity contribution >= 4 is 69.6 Å². The van der Waals surface area contributed by atoms with Gasteiger partial charge in [-0.1, -0.05) is 76.5 Å². The Morgan fingerprint density at radius 2 is 1.25 bits per heavy atom. The lowest BCUT2D eigenvalue weighted by Crippen LogP contribution is -2.54. The van der Waals surface area contributed by atoms with Crippen LogP contribution >= 0.6 is 69.6 Å². The van der Waals surface area contributed by atoms with Crippen molar-refractivity contribution < 1.29 is 0 Å². The molecular weight excluding hydrogens is 333 g/mol. The summed E-state index contributed by atoms with van der Waals surface area (Å²) in [5, 5.41) is 0. The first-order chi connectivity index (χ1) is 7.06. The van der Waals surface area contributed by atoms with Crippen molar-refractivity contribution in [3.63, 3.8) is 0 Å². The zero-order valence-corrected chi connectivity index (χ0v) is 13.2. The Labute approximate surface area is 126 Å². The molecule has 6 heteroatoms. The van der Waals surface area contributed by atoms with Gasteiger partial charge in [0.1, 0.15) is 0 Å². The lowest BCUT2D eigenvalue weighted by atomic mass is 9.69. The number of halogens is 6. The van der Waals surface area contributed by atoms with Gasteiger partial charge in [-0.05, 0) is 37.0 Å². The highest BCUT2D eigenvalue weighted by atomic mass is 35.6. The van der Waals surface area contributed by atoms with Crippen molar-refractivity contribution in [2.24, 2.45) is 16.7 Å². The molecule has 0 nitrogen and oxygen atoms in total. The maximum Gasteiger partial charge on any atom is 0.201 e. The van der Waals surface area contributed by atoms with E-state index in [0.29, 0.717) is 0 Å². The van der Waals surface area contributed by atoms with E-state index in [1.165, 1.54) is 0 Å². The summed E-state index contributed by atoms with van der Waals surface area (Å²) in [5.74, 6) is 0.178. The Balaban J connectivity index is 2.62. The molecule has 0 radical (unpaired) electrons. The van der Waals surface area contributed by atoms with Gasteiger partial charge < -0.3 is 0 Å². The number of rotatable bonds is 0. The Morgan fingerprint density at radius 3 is 1.38 bits per heavy atom. The largest absolute Gasteiger partial charge is 0.201 e. The van der Waals surface area contributed by atoms with Crippen LogP contribution in [0.5, 0.6) is 0 Å². The molecule has 0 aromatic heterocycles. The van der Waals surface area contributed by atoms with Crippen LogP contribution in [0.3, 0.4) is 0 Å². The summed E-state index contributed by atoms with van der Waals surface area (Å²) >= 11 is 37.1. The molecule has 2 fully saturated rings. The molecule has 2 rings (SSSR count). The Bertz CT molecular complexity index is 277. The standard InChI is InChI=1S/C10H12Cl6/c1-7-4-2-6(3-5-7)8(7,9(11,12)13)10(14,15)16/h6H,2-5H2,1H3. The SMILES string of the molecule is CC12CCC(CC1)C2(C(Cl)(Cl)Cl)C(Cl)(Cl)Cl. The highest BCUT2D eigenvalue weighted by Crippen LogP contribution is 2.79. The van der Waals surface area contributed by atoms with Crippen LogP contribution in [0.4, 0.5) is 0 Å². The molecule has 0 aromatic rings. The highest BCUT2D eigenvalue weighted by Gasteiger charge is 2.77. The molecule has 0 spiro atoms. The van der Waals surface area contributed by atoms with Crippen LogP contribution < -0.4 is 0 Å². The van der Waals surface area contributed by atoms with Crippen LogP contribution in [-0.2, 0) is 0 Å². The third-order valence-corrected chi connectivity index (χ3v) is 6.34. The molecule has 2 saturated carbocycles. The van der Waals surface area contributed by atoms with Crippen molar-refractivity contribution in [1.82, 2.24) is 0 Å². The van der Waals surface area contributed by atoms with E-state index in [2.05, 4.69) is 6.92 Å². The molecule has 94 valence electrons. The third kappa shape index (κ3) is 1.57. The summed E-state index contributed by atoms with van der Waals surface area (Å²) in [4.78, 5) is 0. The predicted octanol–water partition coefficient (Wildman–Crippen LogP) is 5.92. The molecule has 0 aromatic carbocycles. The molecule has 2 aliphatic rings. The molecule has 0 atom stereocenters. The molecule has 2 bridgehead atoms. The van der Waals surface area contributed by atoms with E-state index in [1.54, 1.807) is 0 Å². The molecule has 16 heavy (non-hydrogen) atoms. The molecule has 0 unspecified atom stereocenters. The molecule has 0 heterocycles. The van der Waals surface area contributed by atoms with Gasteiger partial charge >= 0.3 is 0 Å². The van der Waals surface area contributed by atoms with E-state index >= 15 is 0 Å². The van der Waals surface area contributed by atoms with E-state index in [9.17, 15) is 0 Å². The van der Waals surface area contributed by atoms with Gasteiger partial charge in [-0.25, -0.2) is 0 Å². The minimum atomic E-state index is -1.55. The molecule has 0 N–H and O–H groups in total. The third-order valence-electron chi connectivity index (χ3n) is 4.55. The van der Waals surface area contributed by atoms with Gasteiger partial charge in [0.25, 0.3) is 0 Å². The van der Waals surface area contributed by atoms with Gasteiger partial charge in [-0.3, -0.25) is 0 Å². The highest BCUT2D eigenvalue weighted by molar-refractivity contribution is 6.73. The molecule has 0 amide bonds. The minimum absolute atomic E-state index is 0.178. The quantitative estimate of drug-likeness (QED) is 0.478. The monoisotopic (exact) mass is 342 g/mol. The predicted molar refractivity (Wildman–Crippen MR) is 73.1 cm³/mol. The number of alkyl halides is 6. The fourth-order valence-corrected chi connectivity index (χ4v) is 7.46. The second-order valence-corrected chi connectivity index (χ2v) is 9.70. The second-order valence-electron chi connectivity index (χ2n) is 5.14. The first kappa shape index (κ1) is 14.2. The van der Waals surface area contributed by atoms with E-state index < -0.39 is 13.0 Å². The average molecular weight is 345 g/mol. The zero-order valence-electron chi connectivity index (χ0n) is 8.67. The summed E-state index contributed by atoms with van der Waals surface area (Å²) < 4.78 is -3.10. The molecule has 2 aliphatic carbocycles. The summed E-state index contributed by atoms with van der Waals surface area (Å²) in [5.41, 5.74) is -1.07. The van der Waals surface area contributed by atoms with Crippen molar-refractivity contribution in [3.8, 4) is 0 Å². The van der Waals surface area contributed by atoms with Crippen LogP contribution in [0, 0.1) is 16.7 Å². The van der Waals surface area contributed by atoms with Gasteiger partial charge in [-0.15, -0.1) is 0 Å².